The zero-order valence-electron chi connectivity index (χ0n) is 20.3. The average Bonchev–Trinajstić information content (AvgIpc) is 2.85. The molecule has 5 fully saturated rings. The molecule has 4 saturated carbocycles. The predicted molar refractivity (Wildman–Crippen MR) is 131 cm³/mol. The molecule has 1 aliphatic heterocycles. The molecule has 2 N–H and O–H groups in total. The van der Waals surface area contributed by atoms with Crippen LogP contribution in [0, 0.1) is 23.6 Å². The van der Waals surface area contributed by atoms with Crippen LogP contribution in [0.5, 0.6) is 5.75 Å². The van der Waals surface area contributed by atoms with Crippen LogP contribution in [0.15, 0.2) is 42.5 Å². The number of rotatable bonds is 6. The van der Waals surface area contributed by atoms with Crippen LogP contribution in [0.3, 0.4) is 0 Å². The number of aliphatic hydroxyl groups is 1. The fraction of sp³-hybridized carbons (Fsp3) is 0.517. The molecule has 0 spiro atoms. The fourth-order valence-electron chi connectivity index (χ4n) is 7.17. The summed E-state index contributed by atoms with van der Waals surface area (Å²) in [5, 5.41) is 14.2. The van der Waals surface area contributed by atoms with Crippen molar-refractivity contribution in [1.82, 2.24) is 5.32 Å². The first-order valence-corrected chi connectivity index (χ1v) is 13.1. The zero-order valence-corrected chi connectivity index (χ0v) is 20.3. The number of halogens is 1. The van der Waals surface area contributed by atoms with Crippen molar-refractivity contribution in [3.63, 3.8) is 0 Å². The Morgan fingerprint density at radius 1 is 1.00 bits per heavy atom. The van der Waals surface area contributed by atoms with Crippen molar-refractivity contribution in [2.45, 2.75) is 62.7 Å². The van der Waals surface area contributed by atoms with Gasteiger partial charge in [-0.3, -0.25) is 9.59 Å². The van der Waals surface area contributed by atoms with Gasteiger partial charge in [0.15, 0.2) is 5.78 Å². The summed E-state index contributed by atoms with van der Waals surface area (Å²) in [6.45, 7) is 1.16. The maximum absolute atomic E-state index is 14.3. The molecule has 190 valence electrons. The molecule has 0 radical (unpaired) electrons. The molecule has 2 aromatic rings. The fourth-order valence-corrected chi connectivity index (χ4v) is 7.17. The van der Waals surface area contributed by atoms with E-state index in [0.29, 0.717) is 43.3 Å². The van der Waals surface area contributed by atoms with E-state index in [0.717, 1.165) is 32.1 Å². The minimum Gasteiger partial charge on any atom is -0.489 e. The summed E-state index contributed by atoms with van der Waals surface area (Å²) in [4.78, 5) is 26.6. The number of hydrogen-bond acceptors (Lipinski definition) is 5. The van der Waals surface area contributed by atoms with E-state index in [1.807, 2.05) is 0 Å². The van der Waals surface area contributed by atoms with Gasteiger partial charge in [0.2, 0.25) is 0 Å². The zero-order chi connectivity index (χ0) is 24.9. The molecule has 7 rings (SSSR count). The highest BCUT2D eigenvalue weighted by Gasteiger charge is 2.55. The first-order chi connectivity index (χ1) is 17.4. The molecular weight excluding hydrogens is 461 g/mol. The lowest BCUT2D eigenvalue weighted by molar-refractivity contribution is -0.136. The molecule has 36 heavy (non-hydrogen) atoms. The van der Waals surface area contributed by atoms with Crippen LogP contribution in [-0.4, -0.2) is 47.8 Å². The molecule has 1 amide bonds. The van der Waals surface area contributed by atoms with Crippen LogP contribution in [0.25, 0.3) is 0 Å². The van der Waals surface area contributed by atoms with E-state index in [9.17, 15) is 19.1 Å². The van der Waals surface area contributed by atoms with Crippen molar-refractivity contribution < 1.29 is 28.6 Å². The normalized spacial score (nSPS) is 31.3. The third kappa shape index (κ3) is 4.43. The first-order valence-electron chi connectivity index (χ1n) is 13.1. The van der Waals surface area contributed by atoms with Crippen LogP contribution in [0.4, 0.5) is 4.39 Å². The average molecular weight is 494 g/mol. The number of ether oxygens (including phenoxy) is 2. The Morgan fingerprint density at radius 3 is 2.42 bits per heavy atom. The standard InChI is InChI=1S/C29H32FNO5/c30-24-4-2-1-3-22(24)27(32)18-5-6-23(25(13-18)36-21-7-9-35-10-8-21)28(33)31-26-19-11-17-12-20(26)16-29(34,14-17)15-19/h1-6,13,17,19-21,26,34H,7-12,14-16H2,(H,31,33). The lowest BCUT2D eigenvalue weighted by atomic mass is 9.52. The van der Waals surface area contributed by atoms with E-state index in [1.165, 1.54) is 12.1 Å². The highest BCUT2D eigenvalue weighted by Crippen LogP contribution is 2.55. The van der Waals surface area contributed by atoms with Gasteiger partial charge in [-0.15, -0.1) is 0 Å². The van der Waals surface area contributed by atoms with Crippen LogP contribution in [0.2, 0.25) is 0 Å². The van der Waals surface area contributed by atoms with Gasteiger partial charge in [0, 0.05) is 24.4 Å². The van der Waals surface area contributed by atoms with E-state index < -0.39 is 17.2 Å². The molecule has 0 aromatic heterocycles. The molecule has 5 aliphatic rings. The lowest BCUT2D eigenvalue weighted by Crippen LogP contribution is -2.61. The van der Waals surface area contributed by atoms with Crippen LogP contribution in [0.1, 0.15) is 71.2 Å². The molecule has 4 aliphatic carbocycles. The van der Waals surface area contributed by atoms with E-state index in [4.69, 9.17) is 9.47 Å². The van der Waals surface area contributed by atoms with Crippen molar-refractivity contribution >= 4 is 11.7 Å². The summed E-state index contributed by atoms with van der Waals surface area (Å²) in [5.74, 6) is 0.192. The summed E-state index contributed by atoms with van der Waals surface area (Å²) >= 11 is 0. The quantitative estimate of drug-likeness (QED) is 0.587. The molecule has 1 saturated heterocycles. The van der Waals surface area contributed by atoms with Crippen molar-refractivity contribution in [3.8, 4) is 5.75 Å². The second-order valence-corrected chi connectivity index (χ2v) is 11.1. The Bertz CT molecular complexity index is 1160. The van der Waals surface area contributed by atoms with Crippen LogP contribution >= 0.6 is 0 Å². The van der Waals surface area contributed by atoms with Gasteiger partial charge in [-0.1, -0.05) is 12.1 Å². The Hall–Kier alpha value is -2.77. The van der Waals surface area contributed by atoms with E-state index in [1.54, 1.807) is 30.3 Å². The number of hydrogen-bond donors (Lipinski definition) is 2. The summed E-state index contributed by atoms with van der Waals surface area (Å²) in [7, 11) is 0. The number of benzene rings is 2. The van der Waals surface area contributed by atoms with E-state index in [2.05, 4.69) is 5.32 Å². The minimum atomic E-state index is -0.584. The van der Waals surface area contributed by atoms with Crippen molar-refractivity contribution in [1.29, 1.82) is 0 Å². The first kappa shape index (κ1) is 23.6. The number of nitrogens with one attached hydrogen (secondary N) is 1. The molecule has 6 nitrogen and oxygen atoms in total. The highest BCUT2D eigenvalue weighted by atomic mass is 19.1. The van der Waals surface area contributed by atoms with Gasteiger partial charge in [0.1, 0.15) is 17.7 Å². The molecule has 2 unspecified atom stereocenters. The van der Waals surface area contributed by atoms with Gasteiger partial charge in [0.05, 0.1) is 29.9 Å². The van der Waals surface area contributed by atoms with Crippen molar-refractivity contribution in [3.05, 3.63) is 65.0 Å². The summed E-state index contributed by atoms with van der Waals surface area (Å²) < 4.78 is 26.0. The van der Waals surface area contributed by atoms with Crippen molar-refractivity contribution in [2.24, 2.45) is 17.8 Å². The number of carbonyl (C=O) groups excluding carboxylic acids is 2. The largest absolute Gasteiger partial charge is 0.489 e. The summed E-state index contributed by atoms with van der Waals surface area (Å²) in [5.41, 5.74) is 0.0666. The van der Waals surface area contributed by atoms with E-state index >= 15 is 0 Å². The Morgan fingerprint density at radius 2 is 1.72 bits per heavy atom. The highest BCUT2D eigenvalue weighted by molar-refractivity contribution is 6.10. The van der Waals surface area contributed by atoms with Crippen LogP contribution in [-0.2, 0) is 4.74 Å². The molecule has 2 aromatic carbocycles. The number of amides is 1. The maximum atomic E-state index is 14.3. The van der Waals surface area contributed by atoms with Gasteiger partial charge in [-0.25, -0.2) is 4.39 Å². The van der Waals surface area contributed by atoms with E-state index in [-0.39, 0.29) is 41.0 Å². The third-order valence-corrected chi connectivity index (χ3v) is 8.61. The molecule has 2 atom stereocenters. The predicted octanol–water partition coefficient (Wildman–Crippen LogP) is 4.28. The summed E-state index contributed by atoms with van der Waals surface area (Å²) in [6, 6.07) is 10.7. The smallest absolute Gasteiger partial charge is 0.255 e. The topological polar surface area (TPSA) is 84.9 Å². The van der Waals surface area contributed by atoms with Gasteiger partial charge in [-0.2, -0.15) is 0 Å². The Kier molecular flexibility index (Phi) is 6.08. The van der Waals surface area contributed by atoms with Gasteiger partial charge >= 0.3 is 0 Å². The Balaban J connectivity index is 1.27. The lowest BCUT2D eigenvalue weighted by Gasteiger charge is -2.58. The van der Waals surface area contributed by atoms with Gasteiger partial charge in [-0.05, 0) is 80.2 Å². The molecule has 4 bridgehead atoms. The molecular formula is C29H32FNO5. The van der Waals surface area contributed by atoms with Gasteiger partial charge in [0.25, 0.3) is 5.91 Å². The Labute approximate surface area is 210 Å². The summed E-state index contributed by atoms with van der Waals surface area (Å²) in [6.07, 6.45) is 5.73. The van der Waals surface area contributed by atoms with Crippen LogP contribution < -0.4 is 10.1 Å². The third-order valence-electron chi connectivity index (χ3n) is 8.61. The molecule has 7 heteroatoms. The number of ketones is 1. The second-order valence-electron chi connectivity index (χ2n) is 11.1. The SMILES string of the molecule is O=C(c1ccc(C(=O)NC2C3CC4CC2CC(O)(C4)C3)c(OC2CCOCC2)c1)c1ccccc1F. The maximum Gasteiger partial charge on any atom is 0.255 e. The van der Waals surface area contributed by atoms with Gasteiger partial charge < -0.3 is 19.9 Å². The van der Waals surface area contributed by atoms with Crippen molar-refractivity contribution in [2.75, 3.05) is 13.2 Å². The number of carbonyl (C=O) groups is 2. The second kappa shape index (κ2) is 9.27. The molecule has 1 heterocycles. The monoisotopic (exact) mass is 493 g/mol. The minimum absolute atomic E-state index is 0.0155.